The van der Waals surface area contributed by atoms with Crippen molar-refractivity contribution >= 4 is 28.5 Å². The number of ether oxygens (including phenoxy) is 1. The van der Waals surface area contributed by atoms with Crippen molar-refractivity contribution in [3.8, 4) is 0 Å². The Morgan fingerprint density at radius 3 is 2.38 bits per heavy atom. The van der Waals surface area contributed by atoms with Crippen molar-refractivity contribution in [2.45, 2.75) is 24.5 Å². The number of nitrogens with zero attached hydrogens (tertiary/aromatic N) is 2. The van der Waals surface area contributed by atoms with Crippen LogP contribution in [0.5, 0.6) is 0 Å². The van der Waals surface area contributed by atoms with E-state index in [2.05, 4.69) is 21.6 Å². The lowest BCUT2D eigenvalue weighted by Crippen LogP contribution is -2.40. The average molecular weight is 436 g/mol. The van der Waals surface area contributed by atoms with E-state index in [0.717, 1.165) is 16.8 Å². The van der Waals surface area contributed by atoms with Crippen LogP contribution in [-0.2, 0) is 22.7 Å². The third-order valence-electron chi connectivity index (χ3n) is 3.21. The summed E-state index contributed by atoms with van der Waals surface area (Å²) in [6.07, 6.45) is -5.39. The maximum absolute atomic E-state index is 12.0. The normalized spacial score (nSPS) is 28.8. The summed E-state index contributed by atoms with van der Waals surface area (Å²) >= 11 is 3.65. The highest BCUT2D eigenvalue weighted by Gasteiger charge is 2.45. The number of hydrogen-bond donors (Lipinski definition) is 6. The molecule has 0 bridgehead atoms. The summed E-state index contributed by atoms with van der Waals surface area (Å²) in [6.45, 7) is -0.919. The molecule has 26 heavy (non-hydrogen) atoms. The second kappa shape index (κ2) is 7.66. The summed E-state index contributed by atoms with van der Waals surface area (Å²) in [5.41, 5.74) is -1.74. The predicted octanol–water partition coefficient (Wildman–Crippen LogP) is -2.45. The molecule has 5 N–H and O–H groups in total. The van der Waals surface area contributed by atoms with Gasteiger partial charge in [0.25, 0.3) is 5.56 Å². The van der Waals surface area contributed by atoms with Gasteiger partial charge in [0.05, 0.1) is 6.61 Å². The lowest BCUT2D eigenvalue weighted by molar-refractivity contribution is -0.0543. The number of phosphoric acid groups is 2. The van der Waals surface area contributed by atoms with Gasteiger partial charge >= 0.3 is 21.3 Å². The second-order valence-electron chi connectivity index (χ2n) is 5.04. The van der Waals surface area contributed by atoms with Gasteiger partial charge in [-0.25, -0.2) is 17.9 Å². The summed E-state index contributed by atoms with van der Waals surface area (Å²) in [5.74, 6) is 0. The summed E-state index contributed by atoms with van der Waals surface area (Å²) in [7, 11) is -10.5. The third kappa shape index (κ3) is 4.91. The number of aliphatic hydroxyl groups is 2. The van der Waals surface area contributed by atoms with Crippen LogP contribution in [0, 0.1) is 0 Å². The number of hydrogen-bond acceptors (Lipinski definition) is 10. The van der Waals surface area contributed by atoms with Gasteiger partial charge in [-0.3, -0.25) is 13.9 Å². The number of rotatable bonds is 6. The largest absolute Gasteiger partial charge is 0.481 e. The van der Waals surface area contributed by atoms with Crippen LogP contribution in [-0.4, -0.2) is 58.4 Å². The zero-order valence-electron chi connectivity index (χ0n) is 12.5. The lowest BCUT2D eigenvalue weighted by Gasteiger charge is -2.18. The maximum atomic E-state index is 12.0. The van der Waals surface area contributed by atoms with Crippen LogP contribution in [0.3, 0.4) is 0 Å². The van der Waals surface area contributed by atoms with E-state index >= 15 is 0 Å². The van der Waals surface area contributed by atoms with E-state index in [9.17, 15) is 33.8 Å². The Morgan fingerprint density at radius 2 is 1.81 bits per heavy atom. The molecule has 1 aromatic heterocycles. The van der Waals surface area contributed by atoms with Gasteiger partial charge in [-0.2, -0.15) is 4.31 Å². The molecule has 1 aromatic rings. The van der Waals surface area contributed by atoms with Gasteiger partial charge in [-0.15, -0.1) is 0 Å². The van der Waals surface area contributed by atoms with E-state index in [-0.39, 0.29) is 0 Å². The molecule has 5 atom stereocenters. The fourth-order valence-corrected chi connectivity index (χ4v) is 3.87. The Balaban J connectivity index is 2.14. The maximum Gasteiger partial charge on any atom is 0.481 e. The molecule has 1 aliphatic rings. The minimum Gasteiger partial charge on any atom is -0.387 e. The van der Waals surface area contributed by atoms with Crippen LogP contribution < -0.4 is 11.2 Å². The number of thiol groups is 1. The molecule has 14 nitrogen and oxygen atoms in total. The van der Waals surface area contributed by atoms with Crippen LogP contribution in [0.1, 0.15) is 6.23 Å². The first-order valence-corrected chi connectivity index (χ1v) is 10.0. The zero-order chi connectivity index (χ0) is 19.9. The highest BCUT2D eigenvalue weighted by molar-refractivity contribution is 7.78. The van der Waals surface area contributed by atoms with E-state index in [1.165, 1.54) is 0 Å². The molecule has 1 unspecified atom stereocenters. The standard InChI is InChI=1S/C9H14N2O12P2S/c12-5-1-2-10(9(15)11(5)26)8-7(14)6(13)4(22-8)3-21-25(19,20)23-24(16,17)18/h1-2,4,6-8,13-14,26H,3H2,(H,19,20)(H2,16,17,18)/t4-,6-,7-,8-/m1/s1. The van der Waals surface area contributed by atoms with Crippen molar-refractivity contribution < 1.29 is 47.6 Å². The molecule has 0 aliphatic carbocycles. The van der Waals surface area contributed by atoms with Crippen molar-refractivity contribution in [3.05, 3.63) is 33.1 Å². The fourth-order valence-electron chi connectivity index (χ4n) is 2.10. The van der Waals surface area contributed by atoms with Gasteiger partial charge in [0.15, 0.2) is 6.23 Å². The molecule has 2 rings (SSSR count). The predicted molar refractivity (Wildman–Crippen MR) is 84.2 cm³/mol. The quantitative estimate of drug-likeness (QED) is 0.203. The van der Waals surface area contributed by atoms with E-state index in [0.29, 0.717) is 3.97 Å². The minimum atomic E-state index is -5.33. The molecule has 2 heterocycles. The van der Waals surface area contributed by atoms with Crippen molar-refractivity contribution in [3.63, 3.8) is 0 Å². The first-order valence-electron chi connectivity index (χ1n) is 6.62. The van der Waals surface area contributed by atoms with Gasteiger partial charge in [-0.05, 0) is 0 Å². The van der Waals surface area contributed by atoms with E-state index < -0.39 is 58.0 Å². The SMILES string of the molecule is O=c1ccn([C@@H]2O[C@H](COP(=O)(O)OP(=O)(O)O)[C@@H](O)[C@H]2O)c(=O)n1S. The van der Waals surface area contributed by atoms with Gasteiger partial charge < -0.3 is 29.6 Å². The molecule has 0 amide bonds. The smallest absolute Gasteiger partial charge is 0.387 e. The van der Waals surface area contributed by atoms with Gasteiger partial charge in [0.1, 0.15) is 18.3 Å². The topological polar surface area (TPSA) is 207 Å². The molecular weight excluding hydrogens is 422 g/mol. The Labute approximate surface area is 149 Å². The van der Waals surface area contributed by atoms with Crippen molar-refractivity contribution in [2.24, 2.45) is 0 Å². The molecule has 17 heteroatoms. The monoisotopic (exact) mass is 436 g/mol. The summed E-state index contributed by atoms with van der Waals surface area (Å²) in [4.78, 5) is 49.4. The van der Waals surface area contributed by atoms with Crippen molar-refractivity contribution in [1.29, 1.82) is 0 Å². The van der Waals surface area contributed by atoms with Gasteiger partial charge in [-0.1, -0.05) is 12.8 Å². The number of aliphatic hydroxyl groups excluding tert-OH is 2. The highest BCUT2D eigenvalue weighted by atomic mass is 32.1. The van der Waals surface area contributed by atoms with E-state index in [4.69, 9.17) is 14.5 Å². The van der Waals surface area contributed by atoms with Crippen molar-refractivity contribution in [2.75, 3.05) is 6.61 Å². The van der Waals surface area contributed by atoms with Crippen LogP contribution in [0.15, 0.2) is 21.9 Å². The van der Waals surface area contributed by atoms with Crippen LogP contribution >= 0.6 is 28.5 Å². The van der Waals surface area contributed by atoms with Crippen LogP contribution in [0.2, 0.25) is 0 Å². The summed E-state index contributed by atoms with van der Waals surface area (Å²) in [5, 5.41) is 19.9. The Bertz CT molecular complexity index is 878. The van der Waals surface area contributed by atoms with Gasteiger partial charge in [0.2, 0.25) is 0 Å². The number of aromatic nitrogens is 2. The Hall–Kier alpha value is -0.830. The van der Waals surface area contributed by atoms with Crippen molar-refractivity contribution in [1.82, 2.24) is 8.54 Å². The molecule has 148 valence electrons. The Kier molecular flexibility index (Phi) is 6.32. The number of phosphoric ester groups is 1. The molecular formula is C9H14N2O12P2S. The molecule has 0 aromatic carbocycles. The third-order valence-corrected chi connectivity index (χ3v) is 5.73. The van der Waals surface area contributed by atoms with Crippen LogP contribution in [0.4, 0.5) is 0 Å². The van der Waals surface area contributed by atoms with E-state index in [1.54, 1.807) is 0 Å². The minimum absolute atomic E-state index is 0.419. The summed E-state index contributed by atoms with van der Waals surface area (Å²) < 4.78 is 36.1. The molecule has 0 radical (unpaired) electrons. The molecule has 1 aliphatic heterocycles. The average Bonchev–Trinajstić information content (AvgIpc) is 2.77. The fraction of sp³-hybridized carbons (Fsp3) is 0.556. The van der Waals surface area contributed by atoms with Gasteiger partial charge in [0, 0.05) is 12.3 Å². The molecule has 1 fully saturated rings. The first-order chi connectivity index (χ1) is 11.8. The lowest BCUT2D eigenvalue weighted by atomic mass is 10.1. The van der Waals surface area contributed by atoms with Crippen LogP contribution in [0.25, 0.3) is 0 Å². The first kappa shape index (κ1) is 21.5. The zero-order valence-corrected chi connectivity index (χ0v) is 15.2. The molecule has 1 saturated heterocycles. The second-order valence-corrected chi connectivity index (χ2v) is 8.27. The summed E-state index contributed by atoms with van der Waals surface area (Å²) in [6, 6.07) is 0.941. The molecule has 0 saturated carbocycles. The molecule has 0 spiro atoms. The highest BCUT2D eigenvalue weighted by Crippen LogP contribution is 2.57. The Morgan fingerprint density at radius 1 is 1.19 bits per heavy atom. The van der Waals surface area contributed by atoms with E-state index in [1.807, 2.05) is 0 Å².